The van der Waals surface area contributed by atoms with Crippen molar-refractivity contribution in [2.45, 2.75) is 32.1 Å². The van der Waals surface area contributed by atoms with Crippen molar-refractivity contribution in [2.75, 3.05) is 18.4 Å². The average Bonchev–Trinajstić information content (AvgIpc) is 2.42. The fourth-order valence-corrected chi connectivity index (χ4v) is 2.99. The Balaban J connectivity index is 3.17. The van der Waals surface area contributed by atoms with Gasteiger partial charge in [0.2, 0.25) is 10.0 Å². The summed E-state index contributed by atoms with van der Waals surface area (Å²) in [7, 11) is -3.69. The van der Waals surface area contributed by atoms with Crippen LogP contribution in [0.3, 0.4) is 0 Å². The molecule has 0 radical (unpaired) electrons. The van der Waals surface area contributed by atoms with Crippen LogP contribution in [-0.2, 0) is 10.0 Å². The summed E-state index contributed by atoms with van der Waals surface area (Å²) in [6.07, 6.45) is 0.779. The highest BCUT2D eigenvalue weighted by Gasteiger charge is 2.21. The van der Waals surface area contributed by atoms with Crippen molar-refractivity contribution in [1.82, 2.24) is 4.72 Å². The molecule has 2 N–H and O–H groups in total. The normalized spacial score (nSPS) is 11.6. The van der Waals surface area contributed by atoms with E-state index in [-0.39, 0.29) is 22.2 Å². The predicted molar refractivity (Wildman–Crippen MR) is 81.9 cm³/mol. The number of anilines is 1. The minimum atomic E-state index is -3.69. The molecule has 0 aliphatic rings. The number of nitrogens with one attached hydrogen (secondary N) is 2. The van der Waals surface area contributed by atoms with Gasteiger partial charge in [-0.15, -0.1) is 0 Å². The lowest BCUT2D eigenvalue weighted by Crippen LogP contribution is -2.28. The van der Waals surface area contributed by atoms with Crippen molar-refractivity contribution >= 4 is 21.4 Å². The van der Waals surface area contributed by atoms with E-state index >= 15 is 0 Å². The van der Waals surface area contributed by atoms with Crippen molar-refractivity contribution in [2.24, 2.45) is 5.92 Å². The molecule has 118 valence electrons. The molecule has 0 heterocycles. The molecule has 0 saturated heterocycles. The molecule has 0 unspecified atom stereocenters. The van der Waals surface area contributed by atoms with Gasteiger partial charge in [-0.1, -0.05) is 20.8 Å². The molecule has 0 aliphatic heterocycles. The molecule has 0 spiro atoms. The third kappa shape index (κ3) is 4.98. The van der Waals surface area contributed by atoms with Crippen LogP contribution in [0.15, 0.2) is 23.1 Å². The first-order valence-electron chi connectivity index (χ1n) is 6.80. The summed E-state index contributed by atoms with van der Waals surface area (Å²) in [6, 6.07) is 3.71. The maximum atomic E-state index is 12.3. The van der Waals surface area contributed by atoms with Crippen LogP contribution in [0.25, 0.3) is 0 Å². The van der Waals surface area contributed by atoms with Gasteiger partial charge in [0.25, 0.3) is 5.69 Å². The summed E-state index contributed by atoms with van der Waals surface area (Å²) in [5, 5.41) is 13.7. The SMILES string of the molecule is CCCNc1cc([N+](=O)[O-])ccc1S(=O)(=O)NCC(C)C. The van der Waals surface area contributed by atoms with E-state index in [1.807, 2.05) is 20.8 Å². The first kappa shape index (κ1) is 17.4. The third-order valence-corrected chi connectivity index (χ3v) is 4.19. The van der Waals surface area contributed by atoms with Crippen LogP contribution >= 0.6 is 0 Å². The van der Waals surface area contributed by atoms with Crippen LogP contribution in [-0.4, -0.2) is 26.4 Å². The Hall–Kier alpha value is -1.67. The maximum absolute atomic E-state index is 12.3. The first-order chi connectivity index (χ1) is 9.77. The lowest BCUT2D eigenvalue weighted by Gasteiger charge is -2.13. The zero-order valence-corrected chi connectivity index (χ0v) is 13.2. The largest absolute Gasteiger partial charge is 0.384 e. The molecule has 0 aromatic heterocycles. The second-order valence-electron chi connectivity index (χ2n) is 5.11. The van der Waals surface area contributed by atoms with Crippen LogP contribution in [0.2, 0.25) is 0 Å². The van der Waals surface area contributed by atoms with Crippen molar-refractivity contribution in [3.8, 4) is 0 Å². The Morgan fingerprint density at radius 2 is 2.00 bits per heavy atom. The molecular weight excluding hydrogens is 294 g/mol. The first-order valence-corrected chi connectivity index (χ1v) is 8.28. The van der Waals surface area contributed by atoms with Crippen molar-refractivity contribution in [3.63, 3.8) is 0 Å². The average molecular weight is 315 g/mol. The monoisotopic (exact) mass is 315 g/mol. The minimum Gasteiger partial charge on any atom is -0.384 e. The van der Waals surface area contributed by atoms with Crippen LogP contribution in [0.4, 0.5) is 11.4 Å². The number of nitro benzene ring substituents is 1. The van der Waals surface area contributed by atoms with Gasteiger partial charge in [0.1, 0.15) is 4.90 Å². The van der Waals surface area contributed by atoms with E-state index in [1.165, 1.54) is 18.2 Å². The summed E-state index contributed by atoms with van der Waals surface area (Å²) < 4.78 is 27.1. The van der Waals surface area contributed by atoms with Gasteiger partial charge >= 0.3 is 0 Å². The number of nitro groups is 1. The fraction of sp³-hybridized carbons (Fsp3) is 0.538. The molecule has 1 rings (SSSR count). The lowest BCUT2D eigenvalue weighted by molar-refractivity contribution is -0.384. The van der Waals surface area contributed by atoms with Gasteiger partial charge in [0, 0.05) is 25.2 Å². The molecule has 0 fully saturated rings. The van der Waals surface area contributed by atoms with Gasteiger partial charge in [-0.2, -0.15) is 0 Å². The zero-order chi connectivity index (χ0) is 16.0. The van der Waals surface area contributed by atoms with Crippen molar-refractivity contribution < 1.29 is 13.3 Å². The smallest absolute Gasteiger partial charge is 0.271 e. The van der Waals surface area contributed by atoms with E-state index in [4.69, 9.17) is 0 Å². The Bertz CT molecular complexity index is 599. The topological polar surface area (TPSA) is 101 Å². The molecule has 1 aromatic carbocycles. The number of nitrogens with zero attached hydrogens (tertiary/aromatic N) is 1. The van der Waals surface area contributed by atoms with Gasteiger partial charge in [-0.05, 0) is 18.4 Å². The molecule has 0 saturated carbocycles. The second kappa shape index (κ2) is 7.37. The Kier molecular flexibility index (Phi) is 6.10. The van der Waals surface area contributed by atoms with Crippen LogP contribution in [0.1, 0.15) is 27.2 Å². The fourth-order valence-electron chi connectivity index (χ4n) is 1.62. The highest BCUT2D eigenvalue weighted by molar-refractivity contribution is 7.89. The van der Waals surface area contributed by atoms with E-state index in [2.05, 4.69) is 10.0 Å². The summed E-state index contributed by atoms with van der Waals surface area (Å²) in [5.41, 5.74) is 0.110. The second-order valence-corrected chi connectivity index (χ2v) is 6.85. The van der Waals surface area contributed by atoms with Gasteiger partial charge in [-0.3, -0.25) is 10.1 Å². The summed E-state index contributed by atoms with van der Waals surface area (Å²) >= 11 is 0. The van der Waals surface area contributed by atoms with E-state index in [0.29, 0.717) is 13.1 Å². The highest BCUT2D eigenvalue weighted by Crippen LogP contribution is 2.26. The van der Waals surface area contributed by atoms with Gasteiger partial charge < -0.3 is 5.32 Å². The Labute approximate surface area is 124 Å². The van der Waals surface area contributed by atoms with Crippen LogP contribution < -0.4 is 10.0 Å². The molecular formula is C13H21N3O4S. The molecule has 0 aliphatic carbocycles. The standard InChI is InChI=1S/C13H21N3O4S/c1-4-7-14-12-8-11(16(17)18)5-6-13(12)21(19,20)15-9-10(2)3/h5-6,8,10,14-15H,4,7,9H2,1-3H3. The maximum Gasteiger partial charge on any atom is 0.271 e. The van der Waals surface area contributed by atoms with Crippen LogP contribution in [0, 0.1) is 16.0 Å². The summed E-state index contributed by atoms with van der Waals surface area (Å²) in [6.45, 7) is 6.57. The number of hydrogen-bond acceptors (Lipinski definition) is 5. The van der Waals surface area contributed by atoms with Crippen LogP contribution in [0.5, 0.6) is 0 Å². The predicted octanol–water partition coefficient (Wildman–Crippen LogP) is 2.35. The Morgan fingerprint density at radius 1 is 1.33 bits per heavy atom. The molecule has 7 nitrogen and oxygen atoms in total. The van der Waals surface area contributed by atoms with Gasteiger partial charge in [-0.25, -0.2) is 13.1 Å². The molecule has 0 amide bonds. The van der Waals surface area contributed by atoms with Gasteiger partial charge in [0.05, 0.1) is 10.6 Å². The number of sulfonamides is 1. The number of benzene rings is 1. The van der Waals surface area contributed by atoms with E-state index in [9.17, 15) is 18.5 Å². The molecule has 8 heteroatoms. The highest BCUT2D eigenvalue weighted by atomic mass is 32.2. The number of non-ortho nitro benzene ring substituents is 1. The number of rotatable bonds is 8. The number of hydrogen-bond donors (Lipinski definition) is 2. The Morgan fingerprint density at radius 3 is 2.52 bits per heavy atom. The van der Waals surface area contributed by atoms with E-state index in [1.54, 1.807) is 0 Å². The van der Waals surface area contributed by atoms with E-state index in [0.717, 1.165) is 6.42 Å². The molecule has 21 heavy (non-hydrogen) atoms. The quantitative estimate of drug-likeness (QED) is 0.566. The molecule has 1 aromatic rings. The minimum absolute atomic E-state index is 0.0298. The van der Waals surface area contributed by atoms with E-state index < -0.39 is 14.9 Å². The van der Waals surface area contributed by atoms with Crippen molar-refractivity contribution in [1.29, 1.82) is 0 Å². The molecule has 0 atom stereocenters. The third-order valence-electron chi connectivity index (χ3n) is 2.71. The summed E-state index contributed by atoms with van der Waals surface area (Å²) in [4.78, 5) is 10.3. The lowest BCUT2D eigenvalue weighted by atomic mass is 10.2. The zero-order valence-electron chi connectivity index (χ0n) is 12.4. The summed E-state index contributed by atoms with van der Waals surface area (Å²) in [5.74, 6) is 0.171. The van der Waals surface area contributed by atoms with Crippen molar-refractivity contribution in [3.05, 3.63) is 28.3 Å². The molecule has 0 bridgehead atoms. The van der Waals surface area contributed by atoms with Gasteiger partial charge in [0.15, 0.2) is 0 Å².